The molecule has 0 atom stereocenters. The molecule has 1 aromatic heterocycles. The van der Waals surface area contributed by atoms with E-state index in [2.05, 4.69) is 28.7 Å². The number of anilines is 1. The molecule has 1 aromatic rings. The number of sulfonamides is 1. The van der Waals surface area contributed by atoms with Crippen LogP contribution < -0.4 is 4.90 Å². The summed E-state index contributed by atoms with van der Waals surface area (Å²) in [5, 5.41) is -0.115. The van der Waals surface area contributed by atoms with Gasteiger partial charge in [0.2, 0.25) is 10.0 Å². The molecular weight excluding hydrogens is 288 g/mol. The zero-order valence-corrected chi connectivity index (χ0v) is 13.4. The van der Waals surface area contributed by atoms with E-state index in [4.69, 9.17) is 0 Å². The fraction of sp³-hybridized carbons (Fsp3) is 0.714. The van der Waals surface area contributed by atoms with Crippen molar-refractivity contribution in [2.24, 2.45) is 0 Å². The van der Waals surface area contributed by atoms with Crippen LogP contribution in [0.15, 0.2) is 12.3 Å². The Labute approximate surface area is 126 Å². The summed E-state index contributed by atoms with van der Waals surface area (Å²) >= 11 is 0. The van der Waals surface area contributed by atoms with Gasteiger partial charge in [-0.3, -0.25) is 0 Å². The summed E-state index contributed by atoms with van der Waals surface area (Å²) < 4.78 is 26.1. The average molecular weight is 310 g/mol. The molecule has 0 spiro atoms. The first kappa shape index (κ1) is 14.7. The van der Waals surface area contributed by atoms with Gasteiger partial charge in [0.05, 0.1) is 5.25 Å². The minimum atomic E-state index is -3.04. The Morgan fingerprint density at radius 3 is 2.43 bits per heavy atom. The number of nitrogens with zero attached hydrogens (tertiary/aromatic N) is 4. The van der Waals surface area contributed by atoms with Crippen LogP contribution >= 0.6 is 0 Å². The molecule has 0 aromatic carbocycles. The number of hydrogen-bond acceptors (Lipinski definition) is 5. The molecule has 6 nitrogen and oxygen atoms in total. The van der Waals surface area contributed by atoms with Gasteiger partial charge in [-0.25, -0.2) is 18.4 Å². The maximum absolute atomic E-state index is 12.2. The van der Waals surface area contributed by atoms with Crippen LogP contribution in [0.4, 0.5) is 5.82 Å². The topological polar surface area (TPSA) is 66.4 Å². The molecule has 0 radical (unpaired) electrons. The van der Waals surface area contributed by atoms with Crippen LogP contribution in [-0.4, -0.2) is 54.1 Å². The predicted octanol–water partition coefficient (Wildman–Crippen LogP) is 1.21. The third-order valence-electron chi connectivity index (χ3n) is 4.04. The molecule has 116 valence electrons. The number of hydrogen-bond donors (Lipinski definition) is 0. The van der Waals surface area contributed by atoms with Gasteiger partial charge in [0.25, 0.3) is 0 Å². The molecule has 2 heterocycles. The van der Waals surface area contributed by atoms with E-state index < -0.39 is 10.0 Å². The molecule has 21 heavy (non-hydrogen) atoms. The maximum atomic E-state index is 12.2. The Balaban J connectivity index is 1.67. The second-order valence-corrected chi connectivity index (χ2v) is 8.27. The maximum Gasteiger partial charge on any atom is 0.217 e. The van der Waals surface area contributed by atoms with Crippen LogP contribution in [0, 0.1) is 0 Å². The highest BCUT2D eigenvalue weighted by atomic mass is 32.2. The summed E-state index contributed by atoms with van der Waals surface area (Å²) in [6.07, 6.45) is 3.43. The molecule has 2 fully saturated rings. The highest BCUT2D eigenvalue weighted by molar-refractivity contribution is 7.90. The molecular formula is C14H22N4O2S. The number of rotatable bonds is 4. The number of piperazine rings is 1. The van der Waals surface area contributed by atoms with Crippen LogP contribution in [0.1, 0.15) is 38.4 Å². The van der Waals surface area contributed by atoms with E-state index in [0.29, 0.717) is 32.1 Å². The van der Waals surface area contributed by atoms with E-state index in [9.17, 15) is 8.42 Å². The number of aromatic nitrogens is 2. The highest BCUT2D eigenvalue weighted by Crippen LogP contribution is 2.31. The Kier molecular flexibility index (Phi) is 3.88. The zero-order chi connectivity index (χ0) is 15.0. The van der Waals surface area contributed by atoms with Crippen molar-refractivity contribution in [3.8, 4) is 0 Å². The molecule has 0 unspecified atom stereocenters. The van der Waals surface area contributed by atoms with Gasteiger partial charge in [-0.1, -0.05) is 13.8 Å². The first-order valence-electron chi connectivity index (χ1n) is 7.55. The molecule has 7 heteroatoms. The second-order valence-electron chi connectivity index (χ2n) is 6.06. The quantitative estimate of drug-likeness (QED) is 0.836. The lowest BCUT2D eigenvalue weighted by atomic mass is 10.2. The van der Waals surface area contributed by atoms with Crippen molar-refractivity contribution in [2.45, 2.75) is 37.9 Å². The van der Waals surface area contributed by atoms with E-state index in [1.165, 1.54) is 0 Å². The van der Waals surface area contributed by atoms with E-state index in [1.807, 2.05) is 6.07 Å². The summed E-state index contributed by atoms with van der Waals surface area (Å²) in [6, 6.07) is 1.90. The van der Waals surface area contributed by atoms with Crippen molar-refractivity contribution in [3.05, 3.63) is 18.1 Å². The largest absolute Gasteiger partial charge is 0.354 e. The van der Waals surface area contributed by atoms with Gasteiger partial charge in [-0.2, -0.15) is 4.31 Å². The van der Waals surface area contributed by atoms with Gasteiger partial charge in [0, 0.05) is 38.3 Å². The normalized spacial score (nSPS) is 21.0. The first-order valence-corrected chi connectivity index (χ1v) is 9.05. The van der Waals surface area contributed by atoms with E-state index >= 15 is 0 Å². The highest BCUT2D eigenvalue weighted by Gasteiger charge is 2.41. The van der Waals surface area contributed by atoms with Gasteiger partial charge in [0.15, 0.2) is 0 Å². The third-order valence-corrected chi connectivity index (χ3v) is 6.44. The van der Waals surface area contributed by atoms with Crippen molar-refractivity contribution in [3.63, 3.8) is 0 Å². The molecule has 0 N–H and O–H groups in total. The third kappa shape index (κ3) is 3.03. The smallest absolute Gasteiger partial charge is 0.217 e. The molecule has 0 amide bonds. The monoisotopic (exact) mass is 310 g/mol. The van der Waals surface area contributed by atoms with Crippen molar-refractivity contribution >= 4 is 15.8 Å². The van der Waals surface area contributed by atoms with Crippen molar-refractivity contribution in [1.82, 2.24) is 14.3 Å². The van der Waals surface area contributed by atoms with E-state index in [1.54, 1.807) is 10.5 Å². The van der Waals surface area contributed by atoms with Crippen LogP contribution in [-0.2, 0) is 10.0 Å². The van der Waals surface area contributed by atoms with Gasteiger partial charge < -0.3 is 4.90 Å². The predicted molar refractivity (Wildman–Crippen MR) is 81.8 cm³/mol. The molecule has 1 aliphatic carbocycles. The van der Waals surface area contributed by atoms with Crippen LogP contribution in [0.25, 0.3) is 0 Å². The van der Waals surface area contributed by atoms with Crippen molar-refractivity contribution in [2.75, 3.05) is 31.1 Å². The molecule has 0 bridgehead atoms. The summed E-state index contributed by atoms with van der Waals surface area (Å²) in [6.45, 7) is 6.64. The summed E-state index contributed by atoms with van der Waals surface area (Å²) in [4.78, 5) is 11.0. The summed E-state index contributed by atoms with van der Waals surface area (Å²) in [5.74, 6) is 2.03. The van der Waals surface area contributed by atoms with Crippen LogP contribution in [0.5, 0.6) is 0 Å². The van der Waals surface area contributed by atoms with Crippen molar-refractivity contribution in [1.29, 1.82) is 0 Å². The minimum absolute atomic E-state index is 0.115. The standard InChI is InChI=1S/C14H22N4O2S/c1-11(2)14-15-6-5-13(16-14)17-7-9-18(10-8-17)21(19,20)12-3-4-12/h5-6,11-12H,3-4,7-10H2,1-2H3. The average Bonchev–Trinajstić information content (AvgIpc) is 3.32. The van der Waals surface area contributed by atoms with E-state index in [-0.39, 0.29) is 5.25 Å². The summed E-state index contributed by atoms with van der Waals surface area (Å²) in [5.41, 5.74) is 0. The minimum Gasteiger partial charge on any atom is -0.354 e. The Morgan fingerprint density at radius 2 is 1.86 bits per heavy atom. The van der Waals surface area contributed by atoms with Gasteiger partial charge >= 0.3 is 0 Å². The fourth-order valence-electron chi connectivity index (χ4n) is 2.57. The second kappa shape index (κ2) is 5.53. The van der Waals surface area contributed by atoms with Gasteiger partial charge in [-0.05, 0) is 18.9 Å². The van der Waals surface area contributed by atoms with Crippen molar-refractivity contribution < 1.29 is 8.42 Å². The molecule has 2 aliphatic rings. The Morgan fingerprint density at radius 1 is 1.19 bits per heavy atom. The molecule has 1 saturated carbocycles. The van der Waals surface area contributed by atoms with Gasteiger partial charge in [0.1, 0.15) is 11.6 Å². The van der Waals surface area contributed by atoms with E-state index in [0.717, 1.165) is 24.5 Å². The van der Waals surface area contributed by atoms with Gasteiger partial charge in [-0.15, -0.1) is 0 Å². The van der Waals surface area contributed by atoms with Crippen LogP contribution in [0.2, 0.25) is 0 Å². The zero-order valence-electron chi connectivity index (χ0n) is 12.6. The molecule has 3 rings (SSSR count). The summed E-state index contributed by atoms with van der Waals surface area (Å²) in [7, 11) is -3.04. The Bertz CT molecular complexity index is 605. The molecule has 1 aliphatic heterocycles. The SMILES string of the molecule is CC(C)c1nccc(N2CCN(S(=O)(=O)C3CC3)CC2)n1. The van der Waals surface area contributed by atoms with Crippen LogP contribution in [0.3, 0.4) is 0 Å². The lowest BCUT2D eigenvalue weighted by Gasteiger charge is -2.34. The Hall–Kier alpha value is -1.21. The molecule has 1 saturated heterocycles. The fourth-order valence-corrected chi connectivity index (χ4v) is 4.39. The lowest BCUT2D eigenvalue weighted by molar-refractivity contribution is 0.383. The lowest BCUT2D eigenvalue weighted by Crippen LogP contribution is -2.49. The first-order chi connectivity index (χ1) is 9.98.